The smallest absolute Gasteiger partial charge is 0.236 e. The lowest BCUT2D eigenvalue weighted by atomic mass is 10.6. The van der Waals surface area contributed by atoms with E-state index in [4.69, 9.17) is 5.73 Å². The van der Waals surface area contributed by atoms with Crippen molar-refractivity contribution < 1.29 is 4.79 Å². The summed E-state index contributed by atoms with van der Waals surface area (Å²) in [6.45, 7) is 2.63. The zero-order chi connectivity index (χ0) is 12.8. The van der Waals surface area contributed by atoms with Gasteiger partial charge in [-0.2, -0.15) is 15.0 Å². The lowest BCUT2D eigenvalue weighted by Crippen LogP contribution is -2.24. The van der Waals surface area contributed by atoms with Gasteiger partial charge < -0.3 is 21.3 Å². The third-order valence-electron chi connectivity index (χ3n) is 1.78. The molecule has 0 atom stereocenters. The van der Waals surface area contributed by atoms with E-state index in [2.05, 4.69) is 25.6 Å². The first-order chi connectivity index (χ1) is 8.02. The molecule has 8 heteroatoms. The number of carbonyl (C=O) groups is 1. The van der Waals surface area contributed by atoms with Gasteiger partial charge in [0.15, 0.2) is 0 Å². The Morgan fingerprint density at radius 3 is 2.29 bits per heavy atom. The molecule has 4 N–H and O–H groups in total. The van der Waals surface area contributed by atoms with Gasteiger partial charge >= 0.3 is 0 Å². The molecule has 1 aromatic rings. The van der Waals surface area contributed by atoms with Crippen LogP contribution in [0.3, 0.4) is 0 Å². The van der Waals surface area contributed by atoms with E-state index in [9.17, 15) is 4.79 Å². The SMILES string of the molecule is CCNc1nc(NCC(N)=O)nc(N(C)C)n1. The lowest BCUT2D eigenvalue weighted by molar-refractivity contribution is -0.116. The molecule has 1 aromatic heterocycles. The van der Waals surface area contributed by atoms with Gasteiger partial charge in [0.05, 0.1) is 6.54 Å². The van der Waals surface area contributed by atoms with Crippen LogP contribution in [-0.4, -0.2) is 48.0 Å². The number of amides is 1. The Morgan fingerprint density at radius 2 is 1.82 bits per heavy atom. The average Bonchev–Trinajstić information content (AvgIpc) is 2.26. The third kappa shape index (κ3) is 4.09. The van der Waals surface area contributed by atoms with E-state index < -0.39 is 5.91 Å². The predicted molar refractivity (Wildman–Crippen MR) is 66.0 cm³/mol. The summed E-state index contributed by atoms with van der Waals surface area (Å²) in [6.07, 6.45) is 0. The van der Waals surface area contributed by atoms with Gasteiger partial charge in [0, 0.05) is 20.6 Å². The van der Waals surface area contributed by atoms with Crippen LogP contribution in [0.4, 0.5) is 17.8 Å². The Bertz CT molecular complexity index is 393. The highest BCUT2D eigenvalue weighted by atomic mass is 16.1. The third-order valence-corrected chi connectivity index (χ3v) is 1.78. The van der Waals surface area contributed by atoms with Gasteiger partial charge in [-0.3, -0.25) is 4.79 Å². The highest BCUT2D eigenvalue weighted by Crippen LogP contribution is 2.10. The summed E-state index contributed by atoms with van der Waals surface area (Å²) in [4.78, 5) is 24.8. The largest absolute Gasteiger partial charge is 0.368 e. The second-order valence-electron chi connectivity index (χ2n) is 3.53. The first kappa shape index (κ1) is 12.9. The summed E-state index contributed by atoms with van der Waals surface area (Å²) in [5.41, 5.74) is 5.04. The second kappa shape index (κ2) is 5.83. The van der Waals surface area contributed by atoms with Gasteiger partial charge in [-0.05, 0) is 6.92 Å². The van der Waals surface area contributed by atoms with Crippen LogP contribution in [0.25, 0.3) is 0 Å². The number of nitrogens with two attached hydrogens (primary N) is 1. The number of nitrogens with zero attached hydrogens (tertiary/aromatic N) is 4. The van der Waals surface area contributed by atoms with Crippen molar-refractivity contribution in [1.29, 1.82) is 0 Å². The van der Waals surface area contributed by atoms with Gasteiger partial charge in [-0.15, -0.1) is 0 Å². The Labute approximate surface area is 99.6 Å². The fourth-order valence-corrected chi connectivity index (χ4v) is 1.05. The zero-order valence-electron chi connectivity index (χ0n) is 10.2. The van der Waals surface area contributed by atoms with Crippen molar-refractivity contribution in [3.05, 3.63) is 0 Å². The minimum Gasteiger partial charge on any atom is -0.368 e. The molecular weight excluding hydrogens is 222 g/mol. The molecule has 0 bridgehead atoms. The molecule has 0 aliphatic heterocycles. The summed E-state index contributed by atoms with van der Waals surface area (Å²) in [5.74, 6) is 0.807. The summed E-state index contributed by atoms with van der Waals surface area (Å²) in [7, 11) is 3.64. The number of hydrogen-bond donors (Lipinski definition) is 3. The minimum absolute atomic E-state index is 0.0115. The molecule has 1 heterocycles. The van der Waals surface area contributed by atoms with Crippen molar-refractivity contribution in [3.63, 3.8) is 0 Å². The van der Waals surface area contributed by atoms with Crippen molar-refractivity contribution in [1.82, 2.24) is 15.0 Å². The van der Waals surface area contributed by atoms with E-state index in [1.165, 1.54) is 0 Å². The molecule has 94 valence electrons. The van der Waals surface area contributed by atoms with Crippen molar-refractivity contribution in [2.45, 2.75) is 6.92 Å². The van der Waals surface area contributed by atoms with Crippen LogP contribution < -0.4 is 21.3 Å². The Kier molecular flexibility index (Phi) is 4.44. The molecule has 0 aromatic carbocycles. The molecule has 1 amide bonds. The molecule has 0 radical (unpaired) electrons. The zero-order valence-corrected chi connectivity index (χ0v) is 10.2. The highest BCUT2D eigenvalue weighted by Gasteiger charge is 2.07. The molecule has 0 fully saturated rings. The fourth-order valence-electron chi connectivity index (χ4n) is 1.05. The molecule has 0 aliphatic rings. The Morgan fingerprint density at radius 1 is 1.24 bits per heavy atom. The number of nitrogens with one attached hydrogen (secondary N) is 2. The van der Waals surface area contributed by atoms with Gasteiger partial charge in [-0.1, -0.05) is 0 Å². The molecule has 0 aliphatic carbocycles. The van der Waals surface area contributed by atoms with Crippen LogP contribution in [-0.2, 0) is 4.79 Å². The van der Waals surface area contributed by atoms with Gasteiger partial charge in [0.2, 0.25) is 23.8 Å². The van der Waals surface area contributed by atoms with Crippen molar-refractivity contribution in [3.8, 4) is 0 Å². The van der Waals surface area contributed by atoms with E-state index in [-0.39, 0.29) is 6.54 Å². The molecular formula is C9H17N7O. The summed E-state index contributed by atoms with van der Waals surface area (Å²) >= 11 is 0. The van der Waals surface area contributed by atoms with Crippen LogP contribution in [0.5, 0.6) is 0 Å². The van der Waals surface area contributed by atoms with Crippen LogP contribution in [0, 0.1) is 0 Å². The van der Waals surface area contributed by atoms with Crippen molar-refractivity contribution in [2.24, 2.45) is 5.73 Å². The second-order valence-corrected chi connectivity index (χ2v) is 3.53. The Hall–Kier alpha value is -2.12. The van der Waals surface area contributed by atoms with E-state index in [1.54, 1.807) is 4.90 Å². The molecule has 17 heavy (non-hydrogen) atoms. The summed E-state index contributed by atoms with van der Waals surface area (Å²) < 4.78 is 0. The molecule has 0 spiro atoms. The van der Waals surface area contributed by atoms with Gasteiger partial charge in [-0.25, -0.2) is 0 Å². The van der Waals surface area contributed by atoms with Crippen LogP contribution in [0.2, 0.25) is 0 Å². The molecule has 8 nitrogen and oxygen atoms in total. The lowest BCUT2D eigenvalue weighted by Gasteiger charge is -2.13. The van der Waals surface area contributed by atoms with Gasteiger partial charge in [0.25, 0.3) is 0 Å². The standard InChI is InChI=1S/C9H17N7O/c1-4-11-7-13-8(12-5-6(10)17)15-9(14-7)16(2)3/h4-5H2,1-3H3,(H2,10,17)(H2,11,12,13,14,15). The molecule has 0 saturated heterocycles. The number of aromatic nitrogens is 3. The molecule has 1 rings (SSSR count). The number of hydrogen-bond acceptors (Lipinski definition) is 7. The number of anilines is 3. The van der Waals surface area contributed by atoms with Gasteiger partial charge in [0.1, 0.15) is 0 Å². The van der Waals surface area contributed by atoms with Crippen molar-refractivity contribution in [2.75, 3.05) is 42.7 Å². The first-order valence-corrected chi connectivity index (χ1v) is 5.22. The summed E-state index contributed by atoms with van der Waals surface area (Å²) in [6, 6.07) is 0. The summed E-state index contributed by atoms with van der Waals surface area (Å²) in [5, 5.41) is 5.72. The number of primary amides is 1. The van der Waals surface area contributed by atoms with E-state index in [1.807, 2.05) is 21.0 Å². The van der Waals surface area contributed by atoms with Crippen LogP contribution >= 0.6 is 0 Å². The maximum Gasteiger partial charge on any atom is 0.236 e. The molecule has 0 unspecified atom stereocenters. The number of rotatable bonds is 6. The highest BCUT2D eigenvalue weighted by molar-refractivity contribution is 5.78. The van der Waals surface area contributed by atoms with E-state index in [0.29, 0.717) is 24.4 Å². The fraction of sp³-hybridized carbons (Fsp3) is 0.556. The maximum absolute atomic E-state index is 10.7. The first-order valence-electron chi connectivity index (χ1n) is 5.22. The van der Waals surface area contributed by atoms with Crippen LogP contribution in [0.15, 0.2) is 0 Å². The number of carbonyl (C=O) groups excluding carboxylic acids is 1. The van der Waals surface area contributed by atoms with Crippen LogP contribution in [0.1, 0.15) is 6.92 Å². The molecule has 0 saturated carbocycles. The maximum atomic E-state index is 10.7. The monoisotopic (exact) mass is 239 g/mol. The predicted octanol–water partition coefficient (Wildman–Crippen LogP) is -0.733. The van der Waals surface area contributed by atoms with E-state index >= 15 is 0 Å². The Balaban J connectivity index is 2.90. The minimum atomic E-state index is -0.471. The average molecular weight is 239 g/mol. The quantitative estimate of drug-likeness (QED) is 0.600. The van der Waals surface area contributed by atoms with Crippen molar-refractivity contribution >= 4 is 23.8 Å². The normalized spacial score (nSPS) is 9.82. The van der Waals surface area contributed by atoms with E-state index in [0.717, 1.165) is 0 Å². The topological polar surface area (TPSA) is 109 Å².